The van der Waals surface area contributed by atoms with Gasteiger partial charge in [0.1, 0.15) is 17.7 Å². The molecule has 0 radical (unpaired) electrons. The maximum atomic E-state index is 12.5. The highest BCUT2D eigenvalue weighted by atomic mass is 35.5. The van der Waals surface area contributed by atoms with Crippen molar-refractivity contribution in [1.82, 2.24) is 14.9 Å². The first kappa shape index (κ1) is 23.0. The summed E-state index contributed by atoms with van der Waals surface area (Å²) in [6.07, 6.45) is 2.67. The van der Waals surface area contributed by atoms with Crippen molar-refractivity contribution in [2.75, 3.05) is 25.0 Å². The fourth-order valence-corrected chi connectivity index (χ4v) is 3.45. The van der Waals surface area contributed by atoms with Crippen LogP contribution in [-0.4, -0.2) is 51.4 Å². The lowest BCUT2D eigenvalue weighted by atomic mass is 10.2. The molecule has 3 N–H and O–H groups in total. The van der Waals surface area contributed by atoms with Crippen molar-refractivity contribution in [3.8, 4) is 0 Å². The van der Waals surface area contributed by atoms with E-state index in [0.29, 0.717) is 37.6 Å². The zero-order valence-corrected chi connectivity index (χ0v) is 16.7. The quantitative estimate of drug-likeness (QED) is 0.526. The van der Waals surface area contributed by atoms with Gasteiger partial charge in [-0.2, -0.15) is 0 Å². The minimum atomic E-state index is -0.487. The third-order valence-corrected chi connectivity index (χ3v) is 4.82. The van der Waals surface area contributed by atoms with Gasteiger partial charge in [0.15, 0.2) is 0 Å². The molecule has 9 nitrogen and oxygen atoms in total. The predicted molar refractivity (Wildman–Crippen MR) is 108 cm³/mol. The molecule has 3 heterocycles. The Morgan fingerprint density at radius 1 is 1.44 bits per heavy atom. The number of carbonyl (C=O) groups excluding carboxylic acids is 1. The number of likely N-dealkylation sites (tertiary alicyclic amines) is 1. The lowest BCUT2D eigenvalue weighted by Gasteiger charge is -2.16. The summed E-state index contributed by atoms with van der Waals surface area (Å²) in [5, 5.41) is 16.5. The second-order valence-corrected chi connectivity index (χ2v) is 6.65. The maximum Gasteiger partial charge on any atom is 0.287 e. The topological polar surface area (TPSA) is 127 Å². The number of hydrogen-bond donors (Lipinski definition) is 2. The molecular formula is C15H20Cl2N6O3S. The Labute approximate surface area is 172 Å². The monoisotopic (exact) mass is 434 g/mol. The van der Waals surface area contributed by atoms with Crippen molar-refractivity contribution >= 4 is 53.6 Å². The molecule has 3 rings (SSSR count). The van der Waals surface area contributed by atoms with Crippen LogP contribution in [0.4, 0.5) is 11.5 Å². The van der Waals surface area contributed by atoms with E-state index in [0.717, 1.165) is 11.4 Å². The molecule has 2 aromatic rings. The Balaban J connectivity index is 0.00000182. The summed E-state index contributed by atoms with van der Waals surface area (Å²) in [7, 11) is 0. The van der Waals surface area contributed by atoms with E-state index in [2.05, 4.69) is 15.3 Å². The average molecular weight is 435 g/mol. The highest BCUT2D eigenvalue weighted by molar-refractivity contribution is 7.09. The van der Waals surface area contributed by atoms with Crippen molar-refractivity contribution in [3.05, 3.63) is 44.5 Å². The highest BCUT2D eigenvalue weighted by Crippen LogP contribution is 2.19. The van der Waals surface area contributed by atoms with Crippen LogP contribution in [0.3, 0.4) is 0 Å². The normalized spacial score (nSPS) is 15.6. The molecule has 1 saturated heterocycles. The van der Waals surface area contributed by atoms with E-state index in [-0.39, 0.29) is 42.5 Å². The van der Waals surface area contributed by atoms with Gasteiger partial charge < -0.3 is 16.0 Å². The van der Waals surface area contributed by atoms with Gasteiger partial charge >= 0.3 is 0 Å². The summed E-state index contributed by atoms with van der Waals surface area (Å²) in [6, 6.07) is 3.03. The molecule has 0 spiro atoms. The van der Waals surface area contributed by atoms with E-state index in [1.54, 1.807) is 16.3 Å². The summed E-state index contributed by atoms with van der Waals surface area (Å²) in [6.45, 7) is 1.69. The van der Waals surface area contributed by atoms with Crippen LogP contribution in [0, 0.1) is 10.1 Å². The molecule has 0 aromatic carbocycles. The lowest BCUT2D eigenvalue weighted by molar-refractivity contribution is -0.385. The van der Waals surface area contributed by atoms with Gasteiger partial charge in [-0.1, -0.05) is 0 Å². The van der Waals surface area contributed by atoms with Crippen LogP contribution in [0.5, 0.6) is 0 Å². The summed E-state index contributed by atoms with van der Waals surface area (Å²) in [5.74, 6) is 0.476. The van der Waals surface area contributed by atoms with Crippen LogP contribution in [0.25, 0.3) is 0 Å². The summed E-state index contributed by atoms with van der Waals surface area (Å²) in [5.41, 5.74) is 5.92. The largest absolute Gasteiger partial charge is 0.365 e. The Bertz CT molecular complexity index is 773. The SMILES string of the molecule is Cl.Cl.NCCc1nc(C(=O)N2CCC(Nc3ccc([N+](=O)[O-])cn3)C2)cs1. The number of rotatable bonds is 6. The smallest absolute Gasteiger partial charge is 0.287 e. The number of anilines is 1. The molecule has 0 bridgehead atoms. The van der Waals surface area contributed by atoms with Gasteiger partial charge in [-0.05, 0) is 19.0 Å². The molecule has 1 aliphatic rings. The zero-order chi connectivity index (χ0) is 17.8. The van der Waals surface area contributed by atoms with Gasteiger partial charge in [0.05, 0.1) is 9.93 Å². The maximum absolute atomic E-state index is 12.5. The fraction of sp³-hybridized carbons (Fsp3) is 0.400. The molecule has 2 aromatic heterocycles. The highest BCUT2D eigenvalue weighted by Gasteiger charge is 2.28. The summed E-state index contributed by atoms with van der Waals surface area (Å²) < 4.78 is 0. The average Bonchev–Trinajstić information content (AvgIpc) is 3.25. The molecular weight excluding hydrogens is 415 g/mol. The van der Waals surface area contributed by atoms with E-state index < -0.39 is 4.92 Å². The van der Waals surface area contributed by atoms with Gasteiger partial charge in [-0.3, -0.25) is 14.9 Å². The van der Waals surface area contributed by atoms with Crippen molar-refractivity contribution in [2.24, 2.45) is 5.73 Å². The molecule has 12 heteroatoms. The minimum Gasteiger partial charge on any atom is -0.365 e. The number of nitrogens with two attached hydrogens (primary N) is 1. The number of nitrogens with one attached hydrogen (secondary N) is 1. The molecule has 1 amide bonds. The zero-order valence-electron chi connectivity index (χ0n) is 14.2. The van der Waals surface area contributed by atoms with Crippen LogP contribution in [0.15, 0.2) is 23.7 Å². The summed E-state index contributed by atoms with van der Waals surface area (Å²) >= 11 is 1.45. The van der Waals surface area contributed by atoms with Crippen LogP contribution >= 0.6 is 36.2 Å². The van der Waals surface area contributed by atoms with E-state index in [9.17, 15) is 14.9 Å². The van der Waals surface area contributed by atoms with Crippen molar-refractivity contribution in [1.29, 1.82) is 0 Å². The van der Waals surface area contributed by atoms with Crippen molar-refractivity contribution in [3.63, 3.8) is 0 Å². The van der Waals surface area contributed by atoms with Gasteiger partial charge in [0.25, 0.3) is 11.6 Å². The molecule has 1 atom stereocenters. The number of aromatic nitrogens is 2. The fourth-order valence-electron chi connectivity index (χ4n) is 2.66. The molecule has 0 saturated carbocycles. The number of nitrogens with zero attached hydrogens (tertiary/aromatic N) is 4. The van der Waals surface area contributed by atoms with Gasteiger partial charge in [-0.15, -0.1) is 36.2 Å². The number of pyridine rings is 1. The van der Waals surface area contributed by atoms with E-state index in [1.807, 2.05) is 0 Å². The number of hydrogen-bond acceptors (Lipinski definition) is 8. The molecule has 1 aliphatic heterocycles. The second kappa shape index (κ2) is 10.4. The Kier molecular flexibility index (Phi) is 8.83. The van der Waals surface area contributed by atoms with Crippen molar-refractivity contribution in [2.45, 2.75) is 18.9 Å². The second-order valence-electron chi connectivity index (χ2n) is 5.71. The summed E-state index contributed by atoms with van der Waals surface area (Å²) in [4.78, 5) is 32.8. The Hall–Kier alpha value is -2.01. The lowest BCUT2D eigenvalue weighted by Crippen LogP contribution is -2.32. The third-order valence-electron chi connectivity index (χ3n) is 3.92. The first-order valence-corrected chi connectivity index (χ1v) is 8.75. The van der Waals surface area contributed by atoms with E-state index in [4.69, 9.17) is 5.73 Å². The third kappa shape index (κ3) is 5.73. The standard InChI is InChI=1S/C15H18N6O3S.2ClH/c16-5-3-14-19-12(9-25-14)15(22)20-6-4-10(8-20)18-13-2-1-11(7-17-13)21(23)24;;/h1-2,7,9-10H,3-6,8,16H2,(H,17,18);2*1H. The molecule has 27 heavy (non-hydrogen) atoms. The molecule has 1 fully saturated rings. The number of thiazole rings is 1. The number of amides is 1. The Morgan fingerprint density at radius 2 is 2.22 bits per heavy atom. The van der Waals surface area contributed by atoms with E-state index >= 15 is 0 Å². The predicted octanol–water partition coefficient (Wildman–Crippen LogP) is 2.12. The van der Waals surface area contributed by atoms with Gasteiger partial charge in [0, 0.05) is 37.0 Å². The number of carbonyl (C=O) groups is 1. The Morgan fingerprint density at radius 3 is 2.85 bits per heavy atom. The van der Waals surface area contributed by atoms with Gasteiger partial charge in [0.2, 0.25) is 0 Å². The first-order valence-electron chi connectivity index (χ1n) is 7.87. The number of nitro groups is 1. The van der Waals surface area contributed by atoms with Crippen LogP contribution in [0.1, 0.15) is 21.9 Å². The molecule has 0 aliphatic carbocycles. The van der Waals surface area contributed by atoms with Crippen LogP contribution in [0.2, 0.25) is 0 Å². The van der Waals surface area contributed by atoms with E-state index in [1.165, 1.54) is 23.6 Å². The van der Waals surface area contributed by atoms with Gasteiger partial charge in [-0.25, -0.2) is 9.97 Å². The molecule has 148 valence electrons. The van der Waals surface area contributed by atoms with Crippen molar-refractivity contribution < 1.29 is 9.72 Å². The van der Waals surface area contributed by atoms with Crippen LogP contribution < -0.4 is 11.1 Å². The first-order chi connectivity index (χ1) is 12.1. The number of halogens is 2. The molecule has 1 unspecified atom stereocenters. The minimum absolute atomic E-state index is 0. The van der Waals surface area contributed by atoms with Crippen LogP contribution in [-0.2, 0) is 6.42 Å².